The van der Waals surface area contributed by atoms with Gasteiger partial charge in [0.25, 0.3) is 0 Å². The predicted octanol–water partition coefficient (Wildman–Crippen LogP) is -0.0326. The molecular formula is C8H11NO3S. The van der Waals surface area contributed by atoms with E-state index in [0.717, 1.165) is 0 Å². The monoisotopic (exact) mass is 201 g/mol. The highest BCUT2D eigenvalue weighted by Gasteiger charge is 2.04. The third-order valence-electron chi connectivity index (χ3n) is 1.54. The van der Waals surface area contributed by atoms with Gasteiger partial charge in [-0.25, -0.2) is 13.6 Å². The van der Waals surface area contributed by atoms with E-state index in [9.17, 15) is 8.42 Å². The molecule has 0 spiro atoms. The van der Waals surface area contributed by atoms with E-state index in [2.05, 4.69) is 0 Å². The number of aliphatic hydroxyl groups is 1. The number of benzene rings is 1. The van der Waals surface area contributed by atoms with Crippen molar-refractivity contribution in [2.24, 2.45) is 5.14 Å². The van der Waals surface area contributed by atoms with Crippen molar-refractivity contribution >= 4 is 10.0 Å². The molecule has 0 saturated carbocycles. The zero-order valence-electron chi connectivity index (χ0n) is 6.97. The summed E-state index contributed by atoms with van der Waals surface area (Å²) in [4.78, 5) is 0. The summed E-state index contributed by atoms with van der Waals surface area (Å²) in [6.07, 6.45) is 0. The second-order valence-corrected chi connectivity index (χ2v) is 4.40. The average Bonchev–Trinajstić information content (AvgIpc) is 2.01. The average molecular weight is 201 g/mol. The Bertz CT molecular complexity index is 386. The first-order chi connectivity index (χ1) is 6.01. The molecule has 0 aromatic heterocycles. The maximum absolute atomic E-state index is 10.7. The quantitative estimate of drug-likeness (QED) is 0.720. The van der Waals surface area contributed by atoms with Gasteiger partial charge in [-0.15, -0.1) is 0 Å². The van der Waals surface area contributed by atoms with Crippen molar-refractivity contribution in [2.75, 3.05) is 0 Å². The molecule has 0 aliphatic carbocycles. The van der Waals surface area contributed by atoms with Crippen LogP contribution in [0.3, 0.4) is 0 Å². The van der Waals surface area contributed by atoms with Crippen molar-refractivity contribution in [1.29, 1.82) is 0 Å². The Morgan fingerprint density at radius 3 is 2.46 bits per heavy atom. The topological polar surface area (TPSA) is 80.4 Å². The number of hydrogen-bond donors (Lipinski definition) is 2. The van der Waals surface area contributed by atoms with Crippen LogP contribution < -0.4 is 5.14 Å². The van der Waals surface area contributed by atoms with Crippen LogP contribution in [0.15, 0.2) is 24.3 Å². The van der Waals surface area contributed by atoms with Crippen LogP contribution in [0.1, 0.15) is 11.1 Å². The molecule has 1 aromatic carbocycles. The van der Waals surface area contributed by atoms with Gasteiger partial charge < -0.3 is 5.11 Å². The van der Waals surface area contributed by atoms with Gasteiger partial charge in [0.15, 0.2) is 0 Å². The molecule has 1 rings (SSSR count). The summed E-state index contributed by atoms with van der Waals surface area (Å²) in [5.74, 6) is -0.194. The van der Waals surface area contributed by atoms with Gasteiger partial charge in [-0.1, -0.05) is 24.3 Å². The lowest BCUT2D eigenvalue weighted by atomic mass is 10.1. The summed E-state index contributed by atoms with van der Waals surface area (Å²) in [5.41, 5.74) is 1.27. The maximum Gasteiger partial charge on any atom is 0.213 e. The Hall–Kier alpha value is -0.910. The first-order valence-electron chi connectivity index (χ1n) is 3.70. The standard InChI is InChI=1S/C8H11NO3S/c9-13(11,12)6-8-3-1-2-7(4-8)5-10/h1-4,10H,5-6H2,(H2,9,11,12). The Balaban J connectivity index is 2.90. The molecule has 1 aromatic rings. The van der Waals surface area contributed by atoms with E-state index in [1.807, 2.05) is 0 Å². The SMILES string of the molecule is NS(=O)(=O)Cc1cccc(CO)c1. The summed E-state index contributed by atoms with van der Waals surface area (Å²) in [5, 5.41) is 13.6. The van der Waals surface area contributed by atoms with Crippen molar-refractivity contribution < 1.29 is 13.5 Å². The van der Waals surface area contributed by atoms with Crippen LogP contribution in [0.4, 0.5) is 0 Å². The van der Waals surface area contributed by atoms with E-state index < -0.39 is 10.0 Å². The first-order valence-corrected chi connectivity index (χ1v) is 5.42. The maximum atomic E-state index is 10.7. The highest BCUT2D eigenvalue weighted by molar-refractivity contribution is 7.88. The minimum absolute atomic E-state index is 0.0988. The van der Waals surface area contributed by atoms with Gasteiger partial charge in [-0.3, -0.25) is 0 Å². The number of aliphatic hydroxyl groups excluding tert-OH is 1. The minimum atomic E-state index is -3.48. The van der Waals surface area contributed by atoms with Crippen molar-refractivity contribution in [3.63, 3.8) is 0 Å². The molecule has 0 amide bonds. The molecule has 3 N–H and O–H groups in total. The molecule has 0 fully saturated rings. The number of primary sulfonamides is 1. The molecule has 0 aliphatic heterocycles. The third-order valence-corrected chi connectivity index (χ3v) is 2.28. The van der Waals surface area contributed by atoms with Crippen LogP contribution in [0, 0.1) is 0 Å². The molecule has 13 heavy (non-hydrogen) atoms. The van der Waals surface area contributed by atoms with Gasteiger partial charge in [0.1, 0.15) is 0 Å². The van der Waals surface area contributed by atoms with E-state index in [4.69, 9.17) is 10.2 Å². The normalized spacial score (nSPS) is 11.5. The predicted molar refractivity (Wildman–Crippen MR) is 49.2 cm³/mol. The van der Waals surface area contributed by atoms with Crippen LogP contribution in [-0.2, 0) is 22.4 Å². The van der Waals surface area contributed by atoms with Crippen LogP contribution in [0.2, 0.25) is 0 Å². The zero-order valence-corrected chi connectivity index (χ0v) is 7.79. The number of hydrogen-bond acceptors (Lipinski definition) is 3. The van der Waals surface area contributed by atoms with Crippen molar-refractivity contribution in [2.45, 2.75) is 12.4 Å². The lowest BCUT2D eigenvalue weighted by molar-refractivity contribution is 0.282. The third kappa shape index (κ3) is 3.54. The lowest BCUT2D eigenvalue weighted by Crippen LogP contribution is -2.14. The number of sulfonamides is 1. The Labute approximate surface area is 77.1 Å². The van der Waals surface area contributed by atoms with Gasteiger partial charge in [0, 0.05) is 0 Å². The van der Waals surface area contributed by atoms with Crippen molar-refractivity contribution in [1.82, 2.24) is 0 Å². The molecule has 0 radical (unpaired) electrons. The van der Waals surface area contributed by atoms with Gasteiger partial charge in [-0.2, -0.15) is 0 Å². The Kier molecular flexibility index (Phi) is 3.02. The molecule has 0 heterocycles. The summed E-state index contributed by atoms with van der Waals surface area (Å²) < 4.78 is 21.4. The van der Waals surface area contributed by atoms with Gasteiger partial charge in [-0.05, 0) is 11.1 Å². The van der Waals surface area contributed by atoms with Crippen molar-refractivity contribution in [3.05, 3.63) is 35.4 Å². The summed E-state index contributed by atoms with van der Waals surface area (Å²) in [6, 6.07) is 6.67. The molecule has 5 heteroatoms. The molecule has 72 valence electrons. The van der Waals surface area contributed by atoms with Gasteiger partial charge in [0.05, 0.1) is 12.4 Å². The molecule has 0 aliphatic rings. The fourth-order valence-electron chi connectivity index (χ4n) is 1.05. The fraction of sp³-hybridized carbons (Fsp3) is 0.250. The minimum Gasteiger partial charge on any atom is -0.392 e. The van der Waals surface area contributed by atoms with Crippen LogP contribution in [0.5, 0.6) is 0 Å². The summed E-state index contributed by atoms with van der Waals surface area (Å²) in [7, 11) is -3.48. The van der Waals surface area contributed by atoms with E-state index in [-0.39, 0.29) is 12.4 Å². The second-order valence-electron chi connectivity index (χ2n) is 2.79. The van der Waals surface area contributed by atoms with E-state index in [1.165, 1.54) is 0 Å². The molecule has 0 unspecified atom stereocenters. The van der Waals surface area contributed by atoms with Crippen LogP contribution in [0.25, 0.3) is 0 Å². The smallest absolute Gasteiger partial charge is 0.213 e. The molecule has 4 nitrogen and oxygen atoms in total. The van der Waals surface area contributed by atoms with E-state index >= 15 is 0 Å². The largest absolute Gasteiger partial charge is 0.392 e. The zero-order chi connectivity index (χ0) is 9.90. The van der Waals surface area contributed by atoms with Crippen LogP contribution in [-0.4, -0.2) is 13.5 Å². The summed E-state index contributed by atoms with van der Waals surface area (Å²) in [6.45, 7) is -0.0988. The molecule has 0 saturated heterocycles. The fourth-order valence-corrected chi connectivity index (χ4v) is 1.69. The number of nitrogens with two attached hydrogens (primary N) is 1. The molecule has 0 bridgehead atoms. The van der Waals surface area contributed by atoms with Crippen LogP contribution >= 0.6 is 0 Å². The van der Waals surface area contributed by atoms with Crippen molar-refractivity contribution in [3.8, 4) is 0 Å². The van der Waals surface area contributed by atoms with Gasteiger partial charge in [0.2, 0.25) is 10.0 Å². The van der Waals surface area contributed by atoms with E-state index in [0.29, 0.717) is 11.1 Å². The molecule has 0 atom stereocenters. The lowest BCUT2D eigenvalue weighted by Gasteiger charge is -2.01. The molecular weight excluding hydrogens is 190 g/mol. The second kappa shape index (κ2) is 3.87. The Morgan fingerprint density at radius 1 is 1.31 bits per heavy atom. The summed E-state index contributed by atoms with van der Waals surface area (Å²) >= 11 is 0. The van der Waals surface area contributed by atoms with E-state index in [1.54, 1.807) is 24.3 Å². The van der Waals surface area contributed by atoms with Gasteiger partial charge >= 0.3 is 0 Å². The number of rotatable bonds is 3. The first kappa shape index (κ1) is 10.2. The highest BCUT2D eigenvalue weighted by atomic mass is 32.2. The Morgan fingerprint density at radius 2 is 1.92 bits per heavy atom. The highest BCUT2D eigenvalue weighted by Crippen LogP contribution is 2.07.